The molecule has 0 atom stereocenters. The van der Waals surface area contributed by atoms with Gasteiger partial charge in [0.2, 0.25) is 0 Å². The van der Waals surface area contributed by atoms with Gasteiger partial charge >= 0.3 is 0 Å². The van der Waals surface area contributed by atoms with Gasteiger partial charge in [0.15, 0.2) is 0 Å². The van der Waals surface area contributed by atoms with Crippen molar-refractivity contribution in [3.8, 4) is 0 Å². The Morgan fingerprint density at radius 2 is 2.00 bits per heavy atom. The third-order valence-electron chi connectivity index (χ3n) is 2.42. The van der Waals surface area contributed by atoms with Crippen molar-refractivity contribution in [1.82, 2.24) is 4.90 Å². The molecule has 0 aromatic heterocycles. The first kappa shape index (κ1) is 10.9. The molecule has 0 bridgehead atoms. The lowest BCUT2D eigenvalue weighted by atomic mass is 10.1. The summed E-state index contributed by atoms with van der Waals surface area (Å²) >= 11 is 0. The number of piperidine rings is 1. The maximum Gasteiger partial charge on any atom is 0.0698 e. The van der Waals surface area contributed by atoms with Gasteiger partial charge in [-0.2, -0.15) is 0 Å². The van der Waals surface area contributed by atoms with Crippen LogP contribution in [0.5, 0.6) is 0 Å². The maximum absolute atomic E-state index is 8.48. The van der Waals surface area contributed by atoms with Crippen LogP contribution >= 0.6 is 0 Å². The molecule has 4 heteroatoms. The van der Waals surface area contributed by atoms with Crippen molar-refractivity contribution in [1.29, 1.82) is 0 Å². The molecule has 0 saturated carbocycles. The van der Waals surface area contributed by atoms with Crippen LogP contribution in [0.15, 0.2) is 0 Å². The lowest BCUT2D eigenvalue weighted by Crippen LogP contribution is -2.41. The summed E-state index contributed by atoms with van der Waals surface area (Å²) in [6.07, 6.45) is 2.19. The molecule has 4 nitrogen and oxygen atoms in total. The summed E-state index contributed by atoms with van der Waals surface area (Å²) in [4.78, 5) is 2.36. The van der Waals surface area contributed by atoms with E-state index in [0.29, 0.717) is 12.6 Å². The number of nitrogens with two attached hydrogens (primary N) is 1. The zero-order valence-electron chi connectivity index (χ0n) is 8.11. The molecular formula is C9H20N2O2. The van der Waals surface area contributed by atoms with E-state index in [-0.39, 0.29) is 6.61 Å². The highest BCUT2D eigenvalue weighted by Crippen LogP contribution is 2.06. The summed E-state index contributed by atoms with van der Waals surface area (Å²) in [6, 6.07) is 0.398. The van der Waals surface area contributed by atoms with E-state index in [4.69, 9.17) is 15.6 Å². The Bertz CT molecular complexity index is 125. The molecule has 0 aromatic carbocycles. The van der Waals surface area contributed by atoms with Crippen LogP contribution in [0.1, 0.15) is 12.8 Å². The number of ether oxygens (including phenoxy) is 1. The molecule has 1 rings (SSSR count). The number of aliphatic hydroxyl groups excluding tert-OH is 1. The Morgan fingerprint density at radius 1 is 1.31 bits per heavy atom. The van der Waals surface area contributed by atoms with Gasteiger partial charge in [-0.3, -0.25) is 0 Å². The van der Waals surface area contributed by atoms with Gasteiger partial charge in [-0.25, -0.2) is 0 Å². The first-order valence-electron chi connectivity index (χ1n) is 4.99. The molecular weight excluding hydrogens is 168 g/mol. The minimum atomic E-state index is 0.116. The van der Waals surface area contributed by atoms with E-state index >= 15 is 0 Å². The molecule has 13 heavy (non-hydrogen) atoms. The zero-order valence-corrected chi connectivity index (χ0v) is 8.11. The van der Waals surface area contributed by atoms with Crippen LogP contribution in [0.3, 0.4) is 0 Å². The van der Waals surface area contributed by atoms with Gasteiger partial charge in [-0.05, 0) is 25.9 Å². The van der Waals surface area contributed by atoms with Gasteiger partial charge < -0.3 is 20.5 Å². The number of hydrogen-bond acceptors (Lipinski definition) is 4. The summed E-state index contributed by atoms with van der Waals surface area (Å²) in [6.45, 7) is 4.42. The van der Waals surface area contributed by atoms with Crippen LogP contribution in [-0.2, 0) is 4.74 Å². The second-order valence-corrected chi connectivity index (χ2v) is 3.52. The van der Waals surface area contributed by atoms with Crippen molar-refractivity contribution >= 4 is 0 Å². The first-order valence-corrected chi connectivity index (χ1v) is 4.99. The minimum absolute atomic E-state index is 0.116. The van der Waals surface area contributed by atoms with E-state index in [0.717, 1.165) is 39.1 Å². The fraction of sp³-hybridized carbons (Fsp3) is 1.00. The molecule has 1 fully saturated rings. The molecule has 0 aromatic rings. The van der Waals surface area contributed by atoms with Crippen LogP contribution in [0.25, 0.3) is 0 Å². The van der Waals surface area contributed by atoms with E-state index in [9.17, 15) is 0 Å². The number of likely N-dealkylation sites (tertiary alicyclic amines) is 1. The smallest absolute Gasteiger partial charge is 0.0698 e. The molecule has 0 spiro atoms. The van der Waals surface area contributed by atoms with E-state index in [1.807, 2.05) is 0 Å². The van der Waals surface area contributed by atoms with Crippen molar-refractivity contribution < 1.29 is 9.84 Å². The fourth-order valence-electron chi connectivity index (χ4n) is 1.54. The average molecular weight is 188 g/mol. The third-order valence-corrected chi connectivity index (χ3v) is 2.42. The molecule has 0 unspecified atom stereocenters. The SMILES string of the molecule is NC1CCN(CCOCCO)CC1. The van der Waals surface area contributed by atoms with Gasteiger partial charge in [0.25, 0.3) is 0 Å². The molecule has 1 heterocycles. The predicted octanol–water partition coefficient (Wildman–Crippen LogP) is -0.582. The highest BCUT2D eigenvalue weighted by molar-refractivity contribution is 4.73. The minimum Gasteiger partial charge on any atom is -0.394 e. The summed E-state index contributed by atoms with van der Waals surface area (Å²) in [5.41, 5.74) is 5.78. The Morgan fingerprint density at radius 3 is 2.62 bits per heavy atom. The fourth-order valence-corrected chi connectivity index (χ4v) is 1.54. The Kier molecular flexibility index (Phi) is 5.31. The first-order chi connectivity index (χ1) is 6.33. The van der Waals surface area contributed by atoms with Crippen LogP contribution in [0, 0.1) is 0 Å². The third kappa shape index (κ3) is 4.57. The summed E-state index contributed by atoms with van der Waals surface area (Å²) < 4.78 is 5.19. The zero-order chi connectivity index (χ0) is 9.52. The van der Waals surface area contributed by atoms with Crippen molar-refractivity contribution in [2.24, 2.45) is 5.73 Å². The molecule has 1 aliphatic rings. The standard InChI is InChI=1S/C9H20N2O2/c10-9-1-3-11(4-2-9)5-7-13-8-6-12/h9,12H,1-8,10H2. The summed E-state index contributed by atoms with van der Waals surface area (Å²) in [5, 5.41) is 8.48. The number of nitrogens with zero attached hydrogens (tertiary/aromatic N) is 1. The Labute approximate surface area is 79.7 Å². The van der Waals surface area contributed by atoms with E-state index in [1.54, 1.807) is 0 Å². The van der Waals surface area contributed by atoms with Crippen LogP contribution in [0.2, 0.25) is 0 Å². The van der Waals surface area contributed by atoms with Crippen molar-refractivity contribution in [3.05, 3.63) is 0 Å². The number of hydrogen-bond donors (Lipinski definition) is 2. The second kappa shape index (κ2) is 6.32. The second-order valence-electron chi connectivity index (χ2n) is 3.52. The Hall–Kier alpha value is -0.160. The number of rotatable bonds is 5. The van der Waals surface area contributed by atoms with Gasteiger partial charge in [0, 0.05) is 12.6 Å². The lowest BCUT2D eigenvalue weighted by Gasteiger charge is -2.29. The largest absolute Gasteiger partial charge is 0.394 e. The highest BCUT2D eigenvalue weighted by atomic mass is 16.5. The topological polar surface area (TPSA) is 58.7 Å². The van der Waals surface area contributed by atoms with E-state index in [2.05, 4.69) is 4.90 Å². The quantitative estimate of drug-likeness (QED) is 0.567. The van der Waals surface area contributed by atoms with Crippen LogP contribution in [0.4, 0.5) is 0 Å². The average Bonchev–Trinajstić information content (AvgIpc) is 2.15. The molecule has 3 N–H and O–H groups in total. The monoisotopic (exact) mass is 188 g/mol. The number of aliphatic hydroxyl groups is 1. The molecule has 1 saturated heterocycles. The van der Waals surface area contributed by atoms with E-state index in [1.165, 1.54) is 0 Å². The van der Waals surface area contributed by atoms with E-state index < -0.39 is 0 Å². The molecule has 78 valence electrons. The predicted molar refractivity (Wildman–Crippen MR) is 51.6 cm³/mol. The van der Waals surface area contributed by atoms with Crippen LogP contribution < -0.4 is 5.73 Å². The Balaban J connectivity index is 1.96. The van der Waals surface area contributed by atoms with Gasteiger partial charge in [0.05, 0.1) is 19.8 Å². The van der Waals surface area contributed by atoms with Gasteiger partial charge in [-0.1, -0.05) is 0 Å². The normalized spacial score (nSPS) is 20.8. The summed E-state index contributed by atoms with van der Waals surface area (Å²) in [7, 11) is 0. The maximum atomic E-state index is 8.48. The molecule has 0 radical (unpaired) electrons. The summed E-state index contributed by atoms with van der Waals surface area (Å²) in [5.74, 6) is 0. The van der Waals surface area contributed by atoms with Crippen molar-refractivity contribution in [2.75, 3.05) is 39.5 Å². The van der Waals surface area contributed by atoms with Crippen LogP contribution in [-0.4, -0.2) is 55.5 Å². The van der Waals surface area contributed by atoms with Crippen molar-refractivity contribution in [3.63, 3.8) is 0 Å². The molecule has 0 aliphatic carbocycles. The molecule has 1 aliphatic heterocycles. The van der Waals surface area contributed by atoms with Gasteiger partial charge in [0.1, 0.15) is 0 Å². The molecule has 0 amide bonds. The lowest BCUT2D eigenvalue weighted by molar-refractivity contribution is 0.0681. The van der Waals surface area contributed by atoms with Crippen molar-refractivity contribution in [2.45, 2.75) is 18.9 Å². The van der Waals surface area contributed by atoms with Gasteiger partial charge in [-0.15, -0.1) is 0 Å². The highest BCUT2D eigenvalue weighted by Gasteiger charge is 2.14.